The van der Waals surface area contributed by atoms with Crippen LogP contribution in [0.2, 0.25) is 0 Å². The van der Waals surface area contributed by atoms with Gasteiger partial charge in [0.05, 0.1) is 6.61 Å². The zero-order valence-corrected chi connectivity index (χ0v) is 27.9. The number of rotatable bonds is 17. The predicted octanol–water partition coefficient (Wildman–Crippen LogP) is 7.34. The summed E-state index contributed by atoms with van der Waals surface area (Å²) in [6, 6.07) is 4.01. The average molecular weight is 804 g/mol. The fourth-order valence-electron chi connectivity index (χ4n) is 3.50. The van der Waals surface area contributed by atoms with E-state index in [0.717, 1.165) is 0 Å². The maximum Gasteiger partial charge on any atom is 0.460 e. The van der Waals surface area contributed by atoms with Gasteiger partial charge >= 0.3 is 53.3 Å². The van der Waals surface area contributed by atoms with E-state index in [2.05, 4.69) is 17.2 Å². The van der Waals surface area contributed by atoms with Crippen molar-refractivity contribution in [2.24, 2.45) is 0 Å². The van der Waals surface area contributed by atoms with Gasteiger partial charge in [-0.1, -0.05) is 12.6 Å². The Kier molecular flexibility index (Phi) is 14.4. The van der Waals surface area contributed by atoms with Crippen LogP contribution < -0.4 is 10.6 Å². The number of ether oxygens (including phenoxy) is 3. The van der Waals surface area contributed by atoms with E-state index in [0.29, 0.717) is 5.56 Å². The molecule has 52 heavy (non-hydrogen) atoms. The monoisotopic (exact) mass is 803 g/mol. The number of carbonyl (C=O) groups is 3. The summed E-state index contributed by atoms with van der Waals surface area (Å²) in [7, 11) is -7.12. The standard InChI is InChI=1S/C27H30F13N3O8S/c1-14(2)19(44)50-13-16(4)51-21(46)42-18-12-17(9-8-15(18)3)41-20(45)49-11-7-6-10-43(5)52(47,48)27(39,40)25(34,35)23(30,31)22(28,29)24(32,33)26(36,37)38/h8-9,12,16H,1,6-7,10-11,13H2,2-5H3,(H,41,45)(H,42,46)/t16-/m0/s1. The minimum absolute atomic E-state index is 0.0127. The number of aryl methyl sites for hydroxylation is 1. The lowest BCUT2D eigenvalue weighted by Crippen LogP contribution is -2.71. The third-order valence-electron chi connectivity index (χ3n) is 6.57. The van der Waals surface area contributed by atoms with Crippen LogP contribution in [0.15, 0.2) is 30.4 Å². The molecule has 2 amide bonds. The second-order valence-electron chi connectivity index (χ2n) is 10.9. The maximum absolute atomic E-state index is 14.2. The molecule has 0 bridgehead atoms. The molecule has 0 aromatic heterocycles. The Morgan fingerprint density at radius 2 is 1.37 bits per heavy atom. The number of sulfonamides is 1. The van der Waals surface area contributed by atoms with Crippen molar-refractivity contribution >= 4 is 39.6 Å². The fraction of sp³-hybridized carbons (Fsp3) is 0.593. The van der Waals surface area contributed by atoms with E-state index < -0.39 is 99.7 Å². The van der Waals surface area contributed by atoms with Gasteiger partial charge in [-0.25, -0.2) is 22.8 Å². The lowest BCUT2D eigenvalue weighted by atomic mass is 9.98. The molecule has 0 unspecified atom stereocenters. The van der Waals surface area contributed by atoms with E-state index in [-0.39, 0.29) is 30.6 Å². The van der Waals surface area contributed by atoms with Crippen LogP contribution in [0.3, 0.4) is 0 Å². The van der Waals surface area contributed by atoms with Crippen LogP contribution in [-0.4, -0.2) is 98.9 Å². The number of benzene rings is 1. The second-order valence-corrected chi connectivity index (χ2v) is 12.9. The first kappa shape index (κ1) is 46.0. The van der Waals surface area contributed by atoms with Crippen LogP contribution in [0.4, 0.5) is 78.0 Å². The van der Waals surface area contributed by atoms with E-state index in [4.69, 9.17) is 14.2 Å². The highest BCUT2D eigenvalue weighted by molar-refractivity contribution is 7.90. The summed E-state index contributed by atoms with van der Waals surface area (Å²) in [5.41, 5.74) is 0.716. The molecule has 25 heteroatoms. The number of carbonyl (C=O) groups excluding carboxylic acids is 3. The number of nitrogens with zero attached hydrogens (tertiary/aromatic N) is 1. The third kappa shape index (κ3) is 9.69. The maximum atomic E-state index is 14.2. The summed E-state index contributed by atoms with van der Waals surface area (Å²) in [5.74, 6) is -33.3. The van der Waals surface area contributed by atoms with Crippen LogP contribution in [0.5, 0.6) is 0 Å². The minimum atomic E-state index is -8.28. The van der Waals surface area contributed by atoms with Crippen molar-refractivity contribution < 1.29 is 94.1 Å². The lowest BCUT2D eigenvalue weighted by Gasteiger charge is -2.40. The zero-order chi connectivity index (χ0) is 40.9. The molecule has 11 nitrogen and oxygen atoms in total. The molecule has 1 atom stereocenters. The molecule has 1 rings (SSSR count). The SMILES string of the molecule is C=C(C)C(=O)OC[C@H](C)OC(=O)Nc1cc(NC(=O)OCCCCN(C)S(=O)(=O)C(F)(F)C(F)(F)C(F)(F)C(F)(F)C(F)(F)C(F)(F)F)ccc1C. The highest BCUT2D eigenvalue weighted by Crippen LogP contribution is 2.61. The first-order valence-electron chi connectivity index (χ1n) is 14.1. The number of hydrogen-bond acceptors (Lipinski definition) is 8. The highest BCUT2D eigenvalue weighted by Gasteiger charge is 2.92. The van der Waals surface area contributed by atoms with Gasteiger partial charge in [0.1, 0.15) is 12.7 Å². The van der Waals surface area contributed by atoms with Crippen molar-refractivity contribution in [3.05, 3.63) is 35.9 Å². The van der Waals surface area contributed by atoms with E-state index in [1.54, 1.807) is 6.92 Å². The molecule has 0 radical (unpaired) electrons. The molecule has 0 spiro atoms. The van der Waals surface area contributed by atoms with Gasteiger partial charge < -0.3 is 14.2 Å². The number of esters is 1. The molecule has 0 aliphatic carbocycles. The predicted molar refractivity (Wildman–Crippen MR) is 153 cm³/mol. The van der Waals surface area contributed by atoms with Gasteiger partial charge in [0, 0.05) is 30.5 Å². The number of anilines is 2. The smallest absolute Gasteiger partial charge is 0.458 e. The van der Waals surface area contributed by atoms with E-state index >= 15 is 0 Å². The fourth-order valence-corrected chi connectivity index (χ4v) is 4.71. The Labute approximate surface area is 286 Å². The van der Waals surface area contributed by atoms with Crippen LogP contribution in [0.25, 0.3) is 0 Å². The summed E-state index contributed by atoms with van der Waals surface area (Å²) >= 11 is 0. The Hall–Kier alpha value is -4.03. The first-order valence-corrected chi connectivity index (χ1v) is 15.5. The number of hydrogen-bond donors (Lipinski definition) is 2. The molecular formula is C27H30F13N3O8S. The molecule has 1 aromatic carbocycles. The Morgan fingerprint density at radius 1 is 0.827 bits per heavy atom. The van der Waals surface area contributed by atoms with E-state index in [1.807, 2.05) is 0 Å². The van der Waals surface area contributed by atoms with E-state index in [1.165, 1.54) is 32.0 Å². The molecule has 0 fully saturated rings. The van der Waals surface area contributed by atoms with Crippen molar-refractivity contribution in [1.82, 2.24) is 4.31 Å². The van der Waals surface area contributed by atoms with Crippen molar-refractivity contribution in [3.63, 3.8) is 0 Å². The van der Waals surface area contributed by atoms with Crippen LogP contribution >= 0.6 is 0 Å². The van der Waals surface area contributed by atoms with E-state index in [9.17, 15) is 79.9 Å². The zero-order valence-electron chi connectivity index (χ0n) is 27.1. The number of halogens is 13. The van der Waals surface area contributed by atoms with Gasteiger partial charge in [0.2, 0.25) is 0 Å². The Balaban J connectivity index is 2.80. The quantitative estimate of drug-likeness (QED) is 0.0549. The molecule has 1 aromatic rings. The number of nitrogens with one attached hydrogen (secondary N) is 2. The number of unbranched alkanes of at least 4 members (excludes halogenated alkanes) is 1. The van der Waals surface area contributed by atoms with Gasteiger partial charge in [-0.2, -0.15) is 61.4 Å². The molecule has 0 heterocycles. The topological polar surface area (TPSA) is 140 Å². The highest BCUT2D eigenvalue weighted by atomic mass is 32.2. The third-order valence-corrected chi connectivity index (χ3v) is 8.47. The molecule has 0 aliphatic heterocycles. The van der Waals surface area contributed by atoms with Gasteiger partial charge in [0.15, 0.2) is 0 Å². The molecule has 0 saturated carbocycles. The summed E-state index contributed by atoms with van der Waals surface area (Å²) in [6.07, 6.45) is -11.9. The van der Waals surface area contributed by atoms with Crippen molar-refractivity contribution in [3.8, 4) is 0 Å². The molecule has 2 N–H and O–H groups in total. The number of amides is 2. The first-order chi connectivity index (χ1) is 23.3. The normalized spacial score (nSPS) is 14.0. The van der Waals surface area contributed by atoms with Crippen LogP contribution in [0.1, 0.15) is 32.3 Å². The Bertz CT molecular complexity index is 1590. The molecular weight excluding hydrogens is 773 g/mol. The minimum Gasteiger partial charge on any atom is -0.458 e. The van der Waals surface area contributed by atoms with Gasteiger partial charge in [0.25, 0.3) is 10.0 Å². The van der Waals surface area contributed by atoms with Gasteiger partial charge in [-0.3, -0.25) is 10.6 Å². The molecule has 0 aliphatic rings. The average Bonchev–Trinajstić information content (AvgIpc) is 2.99. The number of alkyl halides is 13. The van der Waals surface area contributed by atoms with Crippen LogP contribution in [-0.2, 0) is 29.0 Å². The second kappa shape index (κ2) is 16.3. The largest absolute Gasteiger partial charge is 0.460 e. The Morgan fingerprint density at radius 3 is 1.88 bits per heavy atom. The van der Waals surface area contributed by atoms with Crippen molar-refractivity contribution in [2.75, 3.05) is 37.4 Å². The lowest BCUT2D eigenvalue weighted by molar-refractivity contribution is -0.433. The molecule has 0 saturated heterocycles. The van der Waals surface area contributed by atoms with Crippen LogP contribution in [0, 0.1) is 6.92 Å². The molecule has 298 valence electrons. The summed E-state index contributed by atoms with van der Waals surface area (Å²) < 4.78 is 211. The van der Waals surface area contributed by atoms with Gasteiger partial charge in [-0.05, 0) is 51.3 Å². The van der Waals surface area contributed by atoms with Crippen molar-refractivity contribution in [2.45, 2.75) is 74.8 Å². The summed E-state index contributed by atoms with van der Waals surface area (Å²) in [6.45, 7) is 5.52. The summed E-state index contributed by atoms with van der Waals surface area (Å²) in [5, 5.41) is -2.78. The van der Waals surface area contributed by atoms with Crippen molar-refractivity contribution in [1.29, 1.82) is 0 Å². The van der Waals surface area contributed by atoms with Gasteiger partial charge in [-0.15, -0.1) is 0 Å². The summed E-state index contributed by atoms with van der Waals surface area (Å²) in [4.78, 5) is 35.8.